The van der Waals surface area contributed by atoms with E-state index in [4.69, 9.17) is 9.31 Å². The van der Waals surface area contributed by atoms with Crippen LogP contribution in [0, 0.1) is 17.3 Å². The van der Waals surface area contributed by atoms with Crippen LogP contribution in [0.1, 0.15) is 46.5 Å². The topological polar surface area (TPSA) is 30.5 Å². The Morgan fingerprint density at radius 3 is 2.72 bits per heavy atom. The SMILES string of the molecule is CC1(C)[C@H]2C[C@@H]3OB([C@H]4CCCN4)O[C@]3(C)[C@H]1C2. The van der Waals surface area contributed by atoms with Crippen LogP contribution in [0.2, 0.25) is 0 Å². The maximum absolute atomic E-state index is 6.44. The molecule has 100 valence electrons. The molecule has 0 aromatic carbocycles. The average molecular weight is 249 g/mol. The lowest BCUT2D eigenvalue weighted by atomic mass is 9.43. The zero-order valence-corrected chi connectivity index (χ0v) is 11.7. The standard InChI is InChI=1S/C14H24BNO2/c1-13(2)9-7-10(13)14(3)11(8-9)17-15(18-14)12-5-4-6-16-12/h9-12,16H,4-8H2,1-3H3/t9-,10+,11+,12-,14-/m1/s1. The summed E-state index contributed by atoms with van der Waals surface area (Å²) in [5, 5.41) is 3.52. The summed E-state index contributed by atoms with van der Waals surface area (Å²) in [6, 6.07) is 0. The van der Waals surface area contributed by atoms with Crippen LogP contribution in [-0.4, -0.2) is 31.3 Å². The van der Waals surface area contributed by atoms with Gasteiger partial charge in [-0.25, -0.2) is 0 Å². The fraction of sp³-hybridized carbons (Fsp3) is 1.00. The third kappa shape index (κ3) is 1.32. The Kier molecular flexibility index (Phi) is 2.30. The highest BCUT2D eigenvalue weighted by molar-refractivity contribution is 6.47. The molecule has 0 unspecified atom stereocenters. The Balaban J connectivity index is 1.57. The summed E-state index contributed by atoms with van der Waals surface area (Å²) < 4.78 is 12.7. The molecule has 2 saturated heterocycles. The van der Waals surface area contributed by atoms with E-state index in [1.165, 1.54) is 25.7 Å². The molecule has 2 heterocycles. The van der Waals surface area contributed by atoms with Crippen molar-refractivity contribution in [3.63, 3.8) is 0 Å². The number of rotatable bonds is 1. The van der Waals surface area contributed by atoms with Crippen molar-refractivity contribution in [1.29, 1.82) is 0 Å². The maximum atomic E-state index is 6.44. The van der Waals surface area contributed by atoms with E-state index in [1.54, 1.807) is 0 Å². The lowest BCUT2D eigenvalue weighted by Crippen LogP contribution is -2.65. The van der Waals surface area contributed by atoms with Crippen molar-refractivity contribution in [3.8, 4) is 0 Å². The minimum absolute atomic E-state index is 0.00218. The first kappa shape index (κ1) is 11.7. The first-order valence-electron chi connectivity index (χ1n) is 7.58. The Bertz CT molecular complexity index is 369. The minimum atomic E-state index is -0.0345. The summed E-state index contributed by atoms with van der Waals surface area (Å²) in [4.78, 5) is 0. The van der Waals surface area contributed by atoms with E-state index in [0.29, 0.717) is 23.4 Å². The predicted molar refractivity (Wildman–Crippen MR) is 71.1 cm³/mol. The molecule has 18 heavy (non-hydrogen) atoms. The molecular weight excluding hydrogens is 225 g/mol. The zero-order valence-electron chi connectivity index (χ0n) is 11.7. The van der Waals surface area contributed by atoms with E-state index >= 15 is 0 Å². The van der Waals surface area contributed by atoms with Gasteiger partial charge in [0.25, 0.3) is 0 Å². The molecule has 0 aromatic rings. The number of hydrogen-bond donors (Lipinski definition) is 1. The van der Waals surface area contributed by atoms with Gasteiger partial charge >= 0.3 is 7.12 Å². The van der Waals surface area contributed by atoms with Crippen LogP contribution in [0.3, 0.4) is 0 Å². The van der Waals surface area contributed by atoms with Crippen LogP contribution < -0.4 is 5.32 Å². The van der Waals surface area contributed by atoms with Gasteiger partial charge in [0, 0.05) is 5.94 Å². The molecule has 1 N–H and O–H groups in total. The molecule has 5 fully saturated rings. The number of hydrogen-bond acceptors (Lipinski definition) is 3. The van der Waals surface area contributed by atoms with Crippen molar-refractivity contribution in [3.05, 3.63) is 0 Å². The summed E-state index contributed by atoms with van der Waals surface area (Å²) in [5.41, 5.74) is 0.416. The molecule has 0 aromatic heterocycles. The highest BCUT2D eigenvalue weighted by Crippen LogP contribution is 2.65. The summed E-state index contributed by atoms with van der Waals surface area (Å²) >= 11 is 0. The van der Waals surface area contributed by atoms with Gasteiger partial charge < -0.3 is 14.6 Å². The van der Waals surface area contributed by atoms with E-state index in [-0.39, 0.29) is 12.7 Å². The van der Waals surface area contributed by atoms with Crippen molar-refractivity contribution in [2.75, 3.05) is 6.54 Å². The Morgan fingerprint density at radius 1 is 1.22 bits per heavy atom. The molecule has 3 nitrogen and oxygen atoms in total. The summed E-state index contributed by atoms with van der Waals surface area (Å²) in [5.74, 6) is 1.95. The third-order valence-electron chi connectivity index (χ3n) is 6.40. The van der Waals surface area contributed by atoms with Gasteiger partial charge in [0.1, 0.15) is 0 Å². The van der Waals surface area contributed by atoms with Crippen molar-refractivity contribution >= 4 is 7.12 Å². The Labute approximate surface area is 110 Å². The average Bonchev–Trinajstić information content (AvgIpc) is 2.92. The van der Waals surface area contributed by atoms with Crippen molar-refractivity contribution in [2.45, 2.75) is 64.1 Å². The maximum Gasteiger partial charge on any atom is 0.475 e. The molecule has 3 aliphatic carbocycles. The fourth-order valence-corrected chi connectivity index (χ4v) is 5.01. The smallest absolute Gasteiger partial charge is 0.404 e. The lowest BCUT2D eigenvalue weighted by molar-refractivity contribution is -0.199. The van der Waals surface area contributed by atoms with Gasteiger partial charge in [-0.3, -0.25) is 0 Å². The third-order valence-corrected chi connectivity index (χ3v) is 6.40. The van der Waals surface area contributed by atoms with E-state index < -0.39 is 0 Å². The largest absolute Gasteiger partial charge is 0.475 e. The second-order valence-corrected chi connectivity index (χ2v) is 7.54. The normalized spacial score (nSPS) is 53.2. The lowest BCUT2D eigenvalue weighted by Gasteiger charge is -2.64. The molecule has 2 bridgehead atoms. The van der Waals surface area contributed by atoms with E-state index in [0.717, 1.165) is 12.5 Å². The highest BCUT2D eigenvalue weighted by atomic mass is 16.7. The molecule has 5 aliphatic rings. The van der Waals surface area contributed by atoms with Crippen molar-refractivity contribution in [2.24, 2.45) is 17.3 Å². The monoisotopic (exact) mass is 249 g/mol. The van der Waals surface area contributed by atoms with Gasteiger partial charge in [-0.05, 0) is 56.4 Å². The van der Waals surface area contributed by atoms with Gasteiger partial charge in [0.05, 0.1) is 11.7 Å². The van der Waals surface area contributed by atoms with E-state index in [2.05, 4.69) is 26.1 Å². The van der Waals surface area contributed by atoms with Gasteiger partial charge in [-0.2, -0.15) is 0 Å². The second-order valence-electron chi connectivity index (χ2n) is 7.54. The van der Waals surface area contributed by atoms with Crippen LogP contribution in [0.15, 0.2) is 0 Å². The van der Waals surface area contributed by atoms with Gasteiger partial charge in [-0.1, -0.05) is 13.8 Å². The molecule has 0 radical (unpaired) electrons. The Hall–Kier alpha value is -0.0551. The first-order chi connectivity index (χ1) is 8.52. The second kappa shape index (κ2) is 3.53. The first-order valence-corrected chi connectivity index (χ1v) is 7.58. The van der Waals surface area contributed by atoms with E-state index in [9.17, 15) is 0 Å². The summed E-state index contributed by atoms with van der Waals surface area (Å²) in [6.07, 6.45) is 5.33. The Morgan fingerprint density at radius 2 is 2.06 bits per heavy atom. The molecule has 5 rings (SSSR count). The molecule has 4 heteroatoms. The molecular formula is C14H24BNO2. The quantitative estimate of drug-likeness (QED) is 0.721. The van der Waals surface area contributed by atoms with Gasteiger partial charge in [0.15, 0.2) is 0 Å². The number of nitrogens with one attached hydrogen (secondary N) is 1. The van der Waals surface area contributed by atoms with Crippen LogP contribution >= 0.6 is 0 Å². The molecule has 0 spiro atoms. The fourth-order valence-electron chi connectivity index (χ4n) is 5.01. The van der Waals surface area contributed by atoms with Gasteiger partial charge in [-0.15, -0.1) is 0 Å². The van der Waals surface area contributed by atoms with E-state index in [1.807, 2.05) is 0 Å². The summed E-state index contributed by atoms with van der Waals surface area (Å²) in [6.45, 7) is 8.25. The van der Waals surface area contributed by atoms with Crippen molar-refractivity contribution in [1.82, 2.24) is 5.32 Å². The minimum Gasteiger partial charge on any atom is -0.404 e. The van der Waals surface area contributed by atoms with Crippen LogP contribution in [-0.2, 0) is 9.31 Å². The molecule has 2 aliphatic heterocycles. The molecule has 3 saturated carbocycles. The summed E-state index contributed by atoms with van der Waals surface area (Å²) in [7, 11) is -0.00218. The van der Waals surface area contributed by atoms with Crippen LogP contribution in [0.25, 0.3) is 0 Å². The van der Waals surface area contributed by atoms with Crippen LogP contribution in [0.5, 0.6) is 0 Å². The molecule has 5 atom stereocenters. The predicted octanol–water partition coefficient (Wildman–Crippen LogP) is 2.01. The molecule has 0 amide bonds. The highest BCUT2D eigenvalue weighted by Gasteiger charge is 2.68. The van der Waals surface area contributed by atoms with Crippen LogP contribution in [0.4, 0.5) is 0 Å². The zero-order chi connectivity index (χ0) is 12.5. The van der Waals surface area contributed by atoms with Gasteiger partial charge in [0.2, 0.25) is 0 Å². The van der Waals surface area contributed by atoms with Crippen molar-refractivity contribution < 1.29 is 9.31 Å².